The maximum absolute atomic E-state index is 12.2. The van der Waals surface area contributed by atoms with E-state index in [-0.39, 0.29) is 12.5 Å². The minimum atomic E-state index is -0.405. The quantitative estimate of drug-likeness (QED) is 0.504. The van der Waals surface area contributed by atoms with Gasteiger partial charge in [-0.1, -0.05) is 24.0 Å². The van der Waals surface area contributed by atoms with Crippen molar-refractivity contribution >= 4 is 5.97 Å². The number of benzene rings is 1. The summed E-state index contributed by atoms with van der Waals surface area (Å²) in [4.78, 5) is 12.9. The van der Waals surface area contributed by atoms with Gasteiger partial charge in [-0.15, -0.1) is 10.8 Å². The second kappa shape index (κ2) is 7.90. The molecule has 1 N–H and O–H groups in total. The number of carbonyl (C=O) groups excluding carboxylic acids is 1. The maximum atomic E-state index is 12.2. The summed E-state index contributed by atoms with van der Waals surface area (Å²) in [7, 11) is 0. The standard InChI is InChI=1S/C17H18N2O4/c1-3-6-13-7-5-8-14(17(20)22-11-4-2)15(13)12-23-16-9-10-19(21)18-16/h5,7-10,21H,4,11-12H2,1-2H3. The van der Waals surface area contributed by atoms with E-state index in [0.29, 0.717) is 28.1 Å². The number of nitrogens with zero attached hydrogens (tertiary/aromatic N) is 2. The zero-order chi connectivity index (χ0) is 16.7. The molecule has 0 aliphatic carbocycles. The van der Waals surface area contributed by atoms with Crippen LogP contribution in [0.15, 0.2) is 30.5 Å². The van der Waals surface area contributed by atoms with Crippen LogP contribution in [0.1, 0.15) is 41.8 Å². The van der Waals surface area contributed by atoms with Gasteiger partial charge in [0.2, 0.25) is 5.88 Å². The number of hydrogen-bond acceptors (Lipinski definition) is 5. The average Bonchev–Trinajstić information content (AvgIpc) is 2.97. The Hall–Kier alpha value is -2.94. The van der Waals surface area contributed by atoms with E-state index >= 15 is 0 Å². The zero-order valence-corrected chi connectivity index (χ0v) is 13.1. The Morgan fingerprint density at radius 2 is 2.22 bits per heavy atom. The highest BCUT2D eigenvalue weighted by atomic mass is 16.5. The number of ether oxygens (including phenoxy) is 2. The smallest absolute Gasteiger partial charge is 0.338 e. The van der Waals surface area contributed by atoms with E-state index in [1.165, 1.54) is 12.3 Å². The molecule has 0 atom stereocenters. The molecular formula is C17H18N2O4. The fourth-order valence-corrected chi connectivity index (χ4v) is 1.98. The number of rotatable bonds is 6. The Balaban J connectivity index is 2.28. The van der Waals surface area contributed by atoms with Crippen molar-refractivity contribution in [2.45, 2.75) is 26.9 Å². The van der Waals surface area contributed by atoms with E-state index in [1.807, 2.05) is 13.0 Å². The van der Waals surface area contributed by atoms with E-state index < -0.39 is 5.97 Å². The molecule has 0 saturated heterocycles. The molecule has 1 heterocycles. The lowest BCUT2D eigenvalue weighted by Crippen LogP contribution is -2.12. The zero-order valence-electron chi connectivity index (χ0n) is 13.1. The van der Waals surface area contributed by atoms with Gasteiger partial charge in [0.1, 0.15) is 6.61 Å². The molecule has 0 radical (unpaired) electrons. The highest BCUT2D eigenvalue weighted by Gasteiger charge is 2.16. The van der Waals surface area contributed by atoms with Crippen molar-refractivity contribution in [3.8, 4) is 17.7 Å². The van der Waals surface area contributed by atoms with Gasteiger partial charge in [-0.2, -0.15) is 0 Å². The molecule has 0 aliphatic heterocycles. The number of hydrogen-bond donors (Lipinski definition) is 1. The van der Waals surface area contributed by atoms with Gasteiger partial charge in [-0.3, -0.25) is 0 Å². The fraction of sp³-hybridized carbons (Fsp3) is 0.294. The number of esters is 1. The predicted octanol–water partition coefficient (Wildman–Crippen LogP) is 2.64. The predicted molar refractivity (Wildman–Crippen MR) is 83.3 cm³/mol. The van der Waals surface area contributed by atoms with E-state index in [4.69, 9.17) is 14.7 Å². The van der Waals surface area contributed by atoms with Crippen LogP contribution in [0, 0.1) is 11.8 Å². The summed E-state index contributed by atoms with van der Waals surface area (Å²) < 4.78 is 10.7. The van der Waals surface area contributed by atoms with Crippen LogP contribution in [0.3, 0.4) is 0 Å². The Kier molecular flexibility index (Phi) is 5.64. The molecule has 0 amide bonds. The van der Waals surface area contributed by atoms with Crippen molar-refractivity contribution in [3.63, 3.8) is 0 Å². The molecule has 0 fully saturated rings. The van der Waals surface area contributed by atoms with Crippen LogP contribution in [0.25, 0.3) is 0 Å². The van der Waals surface area contributed by atoms with Crippen molar-refractivity contribution in [1.82, 2.24) is 9.94 Å². The Labute approximate surface area is 134 Å². The highest BCUT2D eigenvalue weighted by Crippen LogP contribution is 2.18. The van der Waals surface area contributed by atoms with Crippen molar-refractivity contribution in [2.24, 2.45) is 0 Å². The molecule has 0 spiro atoms. The maximum Gasteiger partial charge on any atom is 0.338 e. The molecule has 120 valence electrons. The summed E-state index contributed by atoms with van der Waals surface area (Å²) >= 11 is 0. The van der Waals surface area contributed by atoms with E-state index in [1.54, 1.807) is 19.1 Å². The second-order valence-electron chi connectivity index (χ2n) is 4.71. The Bertz CT molecular complexity index is 741. The van der Waals surface area contributed by atoms with Crippen molar-refractivity contribution in [2.75, 3.05) is 6.61 Å². The van der Waals surface area contributed by atoms with Crippen LogP contribution >= 0.6 is 0 Å². The van der Waals surface area contributed by atoms with Crippen LogP contribution in [-0.4, -0.2) is 27.7 Å². The van der Waals surface area contributed by atoms with Crippen molar-refractivity contribution in [3.05, 3.63) is 47.2 Å². The number of carbonyl (C=O) groups is 1. The summed E-state index contributed by atoms with van der Waals surface area (Å²) in [6.07, 6.45) is 2.10. The van der Waals surface area contributed by atoms with E-state index in [2.05, 4.69) is 16.9 Å². The molecule has 6 nitrogen and oxygen atoms in total. The highest BCUT2D eigenvalue weighted by molar-refractivity contribution is 5.91. The van der Waals surface area contributed by atoms with Gasteiger partial charge in [0.15, 0.2) is 0 Å². The topological polar surface area (TPSA) is 73.6 Å². The summed E-state index contributed by atoms with van der Waals surface area (Å²) in [6.45, 7) is 4.11. The molecule has 23 heavy (non-hydrogen) atoms. The van der Waals surface area contributed by atoms with Crippen LogP contribution < -0.4 is 4.74 Å². The second-order valence-corrected chi connectivity index (χ2v) is 4.71. The van der Waals surface area contributed by atoms with Crippen LogP contribution in [0.4, 0.5) is 0 Å². The molecule has 0 bridgehead atoms. The van der Waals surface area contributed by atoms with Gasteiger partial charge < -0.3 is 14.7 Å². The van der Waals surface area contributed by atoms with Gasteiger partial charge >= 0.3 is 5.97 Å². The molecule has 2 rings (SSSR count). The fourth-order valence-electron chi connectivity index (χ4n) is 1.98. The minimum Gasteiger partial charge on any atom is -0.472 e. The largest absolute Gasteiger partial charge is 0.472 e. The molecule has 1 aromatic carbocycles. The van der Waals surface area contributed by atoms with Crippen LogP contribution in [0.5, 0.6) is 5.88 Å². The molecule has 0 unspecified atom stereocenters. The first-order valence-electron chi connectivity index (χ1n) is 7.25. The summed E-state index contributed by atoms with van der Waals surface area (Å²) in [5.74, 6) is 5.62. The van der Waals surface area contributed by atoms with E-state index in [9.17, 15) is 4.79 Å². The first kappa shape index (κ1) is 16.4. The summed E-state index contributed by atoms with van der Waals surface area (Å²) in [5.41, 5.74) is 1.75. The summed E-state index contributed by atoms with van der Waals surface area (Å²) in [5, 5.41) is 12.9. The van der Waals surface area contributed by atoms with Gasteiger partial charge in [0.05, 0.1) is 18.4 Å². The third kappa shape index (κ3) is 4.27. The molecule has 0 saturated carbocycles. The lowest BCUT2D eigenvalue weighted by molar-refractivity contribution is 0.0501. The van der Waals surface area contributed by atoms with Gasteiger partial charge in [0, 0.05) is 17.2 Å². The number of aromatic nitrogens is 2. The van der Waals surface area contributed by atoms with Gasteiger partial charge in [-0.25, -0.2) is 4.79 Å². The van der Waals surface area contributed by atoms with E-state index in [0.717, 1.165) is 6.42 Å². The normalized spacial score (nSPS) is 9.83. The van der Waals surface area contributed by atoms with Gasteiger partial charge in [0.25, 0.3) is 0 Å². The lowest BCUT2D eigenvalue weighted by atomic mass is 10.0. The summed E-state index contributed by atoms with van der Waals surface area (Å²) in [6, 6.07) is 6.77. The third-order valence-electron chi connectivity index (χ3n) is 3.01. The lowest BCUT2D eigenvalue weighted by Gasteiger charge is -2.11. The first-order valence-corrected chi connectivity index (χ1v) is 7.25. The molecule has 0 aliphatic rings. The Morgan fingerprint density at radius 3 is 2.87 bits per heavy atom. The molecule has 6 heteroatoms. The minimum absolute atomic E-state index is 0.0957. The van der Waals surface area contributed by atoms with Crippen LogP contribution in [-0.2, 0) is 11.3 Å². The average molecular weight is 314 g/mol. The van der Waals surface area contributed by atoms with Crippen molar-refractivity contribution < 1.29 is 19.5 Å². The Morgan fingerprint density at radius 1 is 1.39 bits per heavy atom. The molecule has 1 aromatic heterocycles. The van der Waals surface area contributed by atoms with Crippen LogP contribution in [0.2, 0.25) is 0 Å². The SMILES string of the molecule is CC#Cc1cccc(C(=O)OCCC)c1COc1ccn(O)n1. The van der Waals surface area contributed by atoms with Crippen molar-refractivity contribution in [1.29, 1.82) is 0 Å². The monoisotopic (exact) mass is 314 g/mol. The molecular weight excluding hydrogens is 296 g/mol. The first-order chi connectivity index (χ1) is 11.2. The molecule has 2 aromatic rings. The third-order valence-corrected chi connectivity index (χ3v) is 3.01. The van der Waals surface area contributed by atoms with Gasteiger partial charge in [-0.05, 0) is 25.5 Å².